The van der Waals surface area contributed by atoms with Crippen molar-refractivity contribution < 1.29 is 14.3 Å². The summed E-state index contributed by atoms with van der Waals surface area (Å²) in [6.07, 6.45) is -0.590. The first-order chi connectivity index (χ1) is 14.3. The molecule has 160 valence electrons. The van der Waals surface area contributed by atoms with Gasteiger partial charge in [-0.25, -0.2) is 4.79 Å². The standard InChI is InChI=1S/C24H31N3O3/c1-24(2,3)30-23(29)25-21(20-12-8-5-9-13-20)22(28)27-16-14-26(15-17-27)18-19-10-6-4-7-11-19/h4-13,21H,14-18H2,1-3H3,(H,25,29)/t21-/m1/s1. The van der Waals surface area contributed by atoms with E-state index in [1.165, 1.54) is 5.56 Å². The maximum absolute atomic E-state index is 13.3. The van der Waals surface area contributed by atoms with Crippen LogP contribution in [0.25, 0.3) is 0 Å². The molecule has 2 amide bonds. The predicted molar refractivity (Wildman–Crippen MR) is 117 cm³/mol. The zero-order valence-corrected chi connectivity index (χ0v) is 18.0. The highest BCUT2D eigenvalue weighted by Gasteiger charge is 2.31. The molecular weight excluding hydrogens is 378 g/mol. The summed E-state index contributed by atoms with van der Waals surface area (Å²) in [5.41, 5.74) is 1.39. The van der Waals surface area contributed by atoms with Gasteiger partial charge in [0.15, 0.2) is 0 Å². The van der Waals surface area contributed by atoms with E-state index >= 15 is 0 Å². The molecule has 0 spiro atoms. The molecule has 0 radical (unpaired) electrons. The number of carbonyl (C=O) groups excluding carboxylic acids is 2. The predicted octanol–water partition coefficient (Wildman–Crippen LogP) is 3.60. The lowest BCUT2D eigenvalue weighted by atomic mass is 10.1. The van der Waals surface area contributed by atoms with Crippen LogP contribution in [0.5, 0.6) is 0 Å². The van der Waals surface area contributed by atoms with Crippen LogP contribution in [0.2, 0.25) is 0 Å². The Morgan fingerprint density at radius 1 is 0.933 bits per heavy atom. The zero-order chi connectivity index (χ0) is 21.6. The van der Waals surface area contributed by atoms with Gasteiger partial charge in [-0.15, -0.1) is 0 Å². The van der Waals surface area contributed by atoms with E-state index in [1.54, 1.807) is 20.8 Å². The second-order valence-corrected chi connectivity index (χ2v) is 8.58. The number of piperazine rings is 1. The van der Waals surface area contributed by atoms with E-state index in [1.807, 2.05) is 53.4 Å². The van der Waals surface area contributed by atoms with Gasteiger partial charge in [0.2, 0.25) is 5.91 Å². The van der Waals surface area contributed by atoms with Crippen molar-refractivity contribution in [2.75, 3.05) is 26.2 Å². The van der Waals surface area contributed by atoms with Crippen molar-refractivity contribution in [1.29, 1.82) is 0 Å². The first-order valence-corrected chi connectivity index (χ1v) is 10.4. The molecule has 30 heavy (non-hydrogen) atoms. The largest absolute Gasteiger partial charge is 0.444 e. The first-order valence-electron chi connectivity index (χ1n) is 10.4. The van der Waals surface area contributed by atoms with Crippen molar-refractivity contribution in [3.05, 3.63) is 71.8 Å². The normalized spacial score (nSPS) is 16.0. The molecule has 6 nitrogen and oxygen atoms in total. The van der Waals surface area contributed by atoms with Crippen LogP contribution in [0, 0.1) is 0 Å². The molecule has 3 rings (SSSR count). The third-order valence-electron chi connectivity index (χ3n) is 4.97. The highest BCUT2D eigenvalue weighted by molar-refractivity contribution is 5.87. The summed E-state index contributed by atoms with van der Waals surface area (Å²) < 4.78 is 5.38. The number of hydrogen-bond acceptors (Lipinski definition) is 4. The summed E-state index contributed by atoms with van der Waals surface area (Å²) in [7, 11) is 0. The zero-order valence-electron chi connectivity index (χ0n) is 18.0. The molecule has 0 bridgehead atoms. The maximum atomic E-state index is 13.3. The van der Waals surface area contributed by atoms with Crippen LogP contribution in [0.1, 0.15) is 37.9 Å². The maximum Gasteiger partial charge on any atom is 0.408 e. The van der Waals surface area contributed by atoms with Gasteiger partial charge >= 0.3 is 6.09 Å². The molecule has 1 fully saturated rings. The minimum absolute atomic E-state index is 0.105. The van der Waals surface area contributed by atoms with Gasteiger partial charge in [0, 0.05) is 32.7 Å². The number of amides is 2. The highest BCUT2D eigenvalue weighted by atomic mass is 16.6. The van der Waals surface area contributed by atoms with Crippen LogP contribution >= 0.6 is 0 Å². The molecule has 1 aliphatic rings. The van der Waals surface area contributed by atoms with Crippen molar-refractivity contribution in [3.63, 3.8) is 0 Å². The summed E-state index contributed by atoms with van der Waals surface area (Å²) in [5.74, 6) is -0.105. The van der Waals surface area contributed by atoms with Crippen LogP contribution < -0.4 is 5.32 Å². The first kappa shape index (κ1) is 21.8. The molecule has 0 aliphatic carbocycles. The number of nitrogens with zero attached hydrogens (tertiary/aromatic N) is 2. The number of benzene rings is 2. The molecule has 1 aliphatic heterocycles. The van der Waals surface area contributed by atoms with Crippen LogP contribution in [0.3, 0.4) is 0 Å². The number of rotatable bonds is 5. The number of ether oxygens (including phenoxy) is 1. The lowest BCUT2D eigenvalue weighted by Crippen LogP contribution is -2.52. The van der Waals surface area contributed by atoms with E-state index in [0.717, 1.165) is 25.2 Å². The Kier molecular flexibility index (Phi) is 7.11. The molecule has 1 atom stereocenters. The Bertz CT molecular complexity index is 826. The fraction of sp³-hybridized carbons (Fsp3) is 0.417. The second kappa shape index (κ2) is 9.76. The highest BCUT2D eigenvalue weighted by Crippen LogP contribution is 2.19. The smallest absolute Gasteiger partial charge is 0.408 e. The fourth-order valence-corrected chi connectivity index (χ4v) is 3.51. The molecule has 0 aromatic heterocycles. The van der Waals surface area contributed by atoms with Crippen LogP contribution in [0.4, 0.5) is 4.79 Å². The average Bonchev–Trinajstić information content (AvgIpc) is 2.72. The molecule has 1 heterocycles. The van der Waals surface area contributed by atoms with E-state index < -0.39 is 17.7 Å². The molecule has 0 saturated carbocycles. The van der Waals surface area contributed by atoms with E-state index in [0.29, 0.717) is 13.1 Å². The quantitative estimate of drug-likeness (QED) is 0.820. The van der Waals surface area contributed by atoms with Gasteiger partial charge in [0.1, 0.15) is 11.6 Å². The second-order valence-electron chi connectivity index (χ2n) is 8.58. The monoisotopic (exact) mass is 409 g/mol. The van der Waals surface area contributed by atoms with Crippen molar-refractivity contribution in [2.45, 2.75) is 39.0 Å². The van der Waals surface area contributed by atoms with E-state index in [4.69, 9.17) is 4.74 Å². The van der Waals surface area contributed by atoms with Crippen LogP contribution in [-0.2, 0) is 16.1 Å². The fourth-order valence-electron chi connectivity index (χ4n) is 3.51. The third-order valence-corrected chi connectivity index (χ3v) is 4.97. The molecular formula is C24H31N3O3. The van der Waals surface area contributed by atoms with E-state index in [-0.39, 0.29) is 5.91 Å². The Labute approximate surface area is 178 Å². The topological polar surface area (TPSA) is 61.9 Å². The van der Waals surface area contributed by atoms with Crippen molar-refractivity contribution in [1.82, 2.24) is 15.1 Å². The summed E-state index contributed by atoms with van der Waals surface area (Å²) in [5, 5.41) is 2.77. The average molecular weight is 410 g/mol. The Morgan fingerprint density at radius 2 is 1.50 bits per heavy atom. The molecule has 0 unspecified atom stereocenters. The van der Waals surface area contributed by atoms with Crippen molar-refractivity contribution >= 4 is 12.0 Å². The number of hydrogen-bond donors (Lipinski definition) is 1. The third kappa shape index (κ3) is 6.32. The van der Waals surface area contributed by atoms with E-state index in [2.05, 4.69) is 22.3 Å². The Morgan fingerprint density at radius 3 is 2.07 bits per heavy atom. The van der Waals surface area contributed by atoms with Gasteiger partial charge in [0.25, 0.3) is 0 Å². The van der Waals surface area contributed by atoms with Crippen LogP contribution in [-0.4, -0.2) is 53.6 Å². The molecule has 6 heteroatoms. The Balaban J connectivity index is 1.64. The van der Waals surface area contributed by atoms with Gasteiger partial charge in [-0.05, 0) is 31.9 Å². The number of alkyl carbamates (subject to hydrolysis) is 1. The minimum atomic E-state index is -0.762. The van der Waals surface area contributed by atoms with Gasteiger partial charge in [-0.3, -0.25) is 9.69 Å². The van der Waals surface area contributed by atoms with Crippen molar-refractivity contribution in [3.8, 4) is 0 Å². The van der Waals surface area contributed by atoms with Crippen molar-refractivity contribution in [2.24, 2.45) is 0 Å². The van der Waals surface area contributed by atoms with Gasteiger partial charge < -0.3 is 15.0 Å². The van der Waals surface area contributed by atoms with Crippen LogP contribution in [0.15, 0.2) is 60.7 Å². The number of carbonyl (C=O) groups is 2. The molecule has 1 saturated heterocycles. The molecule has 2 aromatic rings. The summed E-state index contributed by atoms with van der Waals surface area (Å²) >= 11 is 0. The lowest BCUT2D eigenvalue weighted by Gasteiger charge is -2.36. The Hall–Kier alpha value is -2.86. The summed E-state index contributed by atoms with van der Waals surface area (Å²) in [6.45, 7) is 9.15. The number of nitrogens with one attached hydrogen (secondary N) is 1. The van der Waals surface area contributed by atoms with Gasteiger partial charge in [-0.1, -0.05) is 60.7 Å². The van der Waals surface area contributed by atoms with E-state index in [9.17, 15) is 9.59 Å². The molecule has 1 N–H and O–H groups in total. The SMILES string of the molecule is CC(C)(C)OC(=O)N[C@@H](C(=O)N1CCN(Cc2ccccc2)CC1)c1ccccc1. The lowest BCUT2D eigenvalue weighted by molar-refractivity contribution is -0.135. The summed E-state index contributed by atoms with van der Waals surface area (Å²) in [6, 6.07) is 18.9. The van der Waals surface area contributed by atoms with Gasteiger partial charge in [-0.2, -0.15) is 0 Å². The summed E-state index contributed by atoms with van der Waals surface area (Å²) in [4.78, 5) is 29.8. The minimum Gasteiger partial charge on any atom is -0.444 e. The van der Waals surface area contributed by atoms with Gasteiger partial charge in [0.05, 0.1) is 0 Å². The molecule has 2 aromatic carbocycles.